The molecule has 2 rings (SSSR count). The maximum atomic E-state index is 13.9. The number of phenolic OH excluding ortho intramolecular Hbond substituents is 1. The number of rotatable bonds is 22. The highest BCUT2D eigenvalue weighted by atomic mass is 16.4. The molecule has 6 amide bonds. The predicted octanol–water partition coefficient (Wildman–Crippen LogP) is -1.57. The number of benzene rings is 1. The van der Waals surface area contributed by atoms with Gasteiger partial charge in [-0.2, -0.15) is 0 Å². The van der Waals surface area contributed by atoms with Gasteiger partial charge in [0.2, 0.25) is 35.4 Å². The molecule has 1 saturated heterocycles. The third-order valence-corrected chi connectivity index (χ3v) is 9.31. The van der Waals surface area contributed by atoms with Crippen molar-refractivity contribution in [3.05, 3.63) is 29.8 Å². The summed E-state index contributed by atoms with van der Waals surface area (Å²) in [5, 5.41) is 50.0. The van der Waals surface area contributed by atoms with E-state index in [1.54, 1.807) is 27.7 Å². The second kappa shape index (κ2) is 21.9. The number of carbonyl (C=O) groups is 9. The molecule has 7 atom stereocenters. The maximum Gasteiger partial charge on any atom is 0.326 e. The van der Waals surface area contributed by atoms with Gasteiger partial charge in [-0.1, -0.05) is 46.2 Å². The van der Waals surface area contributed by atoms with E-state index in [0.717, 1.165) is 4.90 Å². The van der Waals surface area contributed by atoms with Crippen LogP contribution in [0.15, 0.2) is 24.3 Å². The molecule has 0 bridgehead atoms. The molecule has 0 unspecified atom stereocenters. The number of likely N-dealkylation sites (tertiary alicyclic amines) is 1. The van der Waals surface area contributed by atoms with Crippen molar-refractivity contribution in [3.8, 4) is 5.75 Å². The Morgan fingerprint density at radius 2 is 1.41 bits per heavy atom. The third kappa shape index (κ3) is 14.5. The SMILES string of the molecule is CC[C@H](C)[C@H](NC(=O)CNC(=O)[C@@H](N)CCC(=O)O)C(=O)N[C@@H](Cc1ccc(O)cc1)C(=O)N[C@@H](CC(=O)O)C(=O)N[C@H](C(=O)N1CCC[C@H]1C(=O)O)C(C)C. The van der Waals surface area contributed by atoms with E-state index in [1.165, 1.54) is 24.3 Å². The number of aliphatic carboxylic acids is 3. The first-order valence-electron chi connectivity index (χ1n) is 18.2. The second-order valence-electron chi connectivity index (χ2n) is 14.0. The molecule has 1 aromatic rings. The molecule has 0 saturated carbocycles. The van der Waals surface area contributed by atoms with E-state index in [0.29, 0.717) is 18.4 Å². The molecule has 1 aliphatic rings. The van der Waals surface area contributed by atoms with E-state index in [-0.39, 0.29) is 38.0 Å². The summed E-state index contributed by atoms with van der Waals surface area (Å²) < 4.78 is 0. The first-order chi connectivity index (χ1) is 26.2. The van der Waals surface area contributed by atoms with Crippen molar-refractivity contribution in [2.75, 3.05) is 13.1 Å². The molecule has 20 nitrogen and oxygen atoms in total. The molecular weight excluding hydrogens is 738 g/mol. The van der Waals surface area contributed by atoms with Crippen LogP contribution in [0.25, 0.3) is 0 Å². The Balaban J connectivity index is 2.32. The number of nitrogens with two attached hydrogens (primary N) is 1. The van der Waals surface area contributed by atoms with Crippen LogP contribution in [-0.2, 0) is 49.6 Å². The van der Waals surface area contributed by atoms with Gasteiger partial charge in [0.15, 0.2) is 0 Å². The molecule has 1 aliphatic heterocycles. The molecule has 11 N–H and O–H groups in total. The minimum absolute atomic E-state index is 0.0932. The van der Waals surface area contributed by atoms with E-state index in [9.17, 15) is 58.5 Å². The van der Waals surface area contributed by atoms with Crippen LogP contribution < -0.4 is 32.3 Å². The molecule has 0 radical (unpaired) electrons. The van der Waals surface area contributed by atoms with Crippen molar-refractivity contribution >= 4 is 53.4 Å². The van der Waals surface area contributed by atoms with Crippen molar-refractivity contribution in [2.45, 2.75) is 109 Å². The Bertz CT molecular complexity index is 1600. The quantitative estimate of drug-likeness (QED) is 0.0635. The summed E-state index contributed by atoms with van der Waals surface area (Å²) in [6.45, 7) is 6.09. The number of carboxylic acids is 3. The summed E-state index contributed by atoms with van der Waals surface area (Å²) in [7, 11) is 0. The summed E-state index contributed by atoms with van der Waals surface area (Å²) in [5.41, 5.74) is 6.11. The predicted molar refractivity (Wildman–Crippen MR) is 196 cm³/mol. The van der Waals surface area contributed by atoms with Gasteiger partial charge in [-0.05, 0) is 48.8 Å². The zero-order valence-corrected chi connectivity index (χ0v) is 31.8. The lowest BCUT2D eigenvalue weighted by Crippen LogP contribution is -2.61. The summed E-state index contributed by atoms with van der Waals surface area (Å²) >= 11 is 0. The number of carbonyl (C=O) groups excluding carboxylic acids is 6. The van der Waals surface area contributed by atoms with Crippen LogP contribution >= 0.6 is 0 Å². The number of hydrogen-bond donors (Lipinski definition) is 10. The zero-order chi connectivity index (χ0) is 42.3. The Morgan fingerprint density at radius 3 is 1.96 bits per heavy atom. The van der Waals surface area contributed by atoms with Gasteiger partial charge in [0.05, 0.1) is 19.0 Å². The first kappa shape index (κ1) is 46.4. The van der Waals surface area contributed by atoms with Crippen LogP contribution in [0, 0.1) is 11.8 Å². The molecule has 0 spiro atoms. The van der Waals surface area contributed by atoms with Gasteiger partial charge in [-0.3, -0.25) is 38.4 Å². The fourth-order valence-corrected chi connectivity index (χ4v) is 5.86. The summed E-state index contributed by atoms with van der Waals surface area (Å²) in [5.74, 6) is -10.2. The van der Waals surface area contributed by atoms with E-state index < -0.39 is 114 Å². The normalized spacial score (nSPS) is 17.0. The first-order valence-corrected chi connectivity index (χ1v) is 18.2. The Kier molecular flexibility index (Phi) is 18.2. The molecule has 0 aliphatic carbocycles. The summed E-state index contributed by atoms with van der Waals surface area (Å²) in [4.78, 5) is 115. The van der Waals surface area contributed by atoms with E-state index >= 15 is 0 Å². The number of amides is 6. The minimum atomic E-state index is -1.77. The van der Waals surface area contributed by atoms with Gasteiger partial charge in [-0.25, -0.2) is 4.79 Å². The summed E-state index contributed by atoms with van der Waals surface area (Å²) in [6.07, 6.45) is -0.712. The topological polar surface area (TPSA) is 324 Å². The average Bonchev–Trinajstić information content (AvgIpc) is 3.64. The standard InChI is InChI=1S/C36H53N7O13/c1-5-19(4)30(41-26(45)17-38-31(50)22(37)12-13-27(46)47)34(53)40-23(15-20-8-10-21(44)11-9-20)32(51)39-24(16-28(48)49)33(52)42-29(18(2)3)35(54)43-14-6-7-25(43)36(55)56/h8-11,18-19,22-25,29-30,44H,5-7,12-17,37H2,1-4H3,(H,38,50)(H,39,51)(H,40,53)(H,41,45)(H,42,52)(H,46,47)(H,48,49)(H,55,56)/t19-,22-,23-,24-,25-,29-,30-/m0/s1. The van der Waals surface area contributed by atoms with Crippen LogP contribution in [0.2, 0.25) is 0 Å². The van der Waals surface area contributed by atoms with Crippen LogP contribution in [0.1, 0.15) is 71.8 Å². The number of phenols is 1. The van der Waals surface area contributed by atoms with Gasteiger partial charge >= 0.3 is 17.9 Å². The lowest BCUT2D eigenvalue weighted by molar-refractivity contribution is -0.150. The van der Waals surface area contributed by atoms with Crippen molar-refractivity contribution < 1.29 is 63.6 Å². The van der Waals surface area contributed by atoms with Crippen molar-refractivity contribution in [1.82, 2.24) is 31.5 Å². The van der Waals surface area contributed by atoms with Crippen molar-refractivity contribution in [3.63, 3.8) is 0 Å². The summed E-state index contributed by atoms with van der Waals surface area (Å²) in [6, 6.07) is -2.52. The second-order valence-corrected chi connectivity index (χ2v) is 14.0. The molecule has 1 aromatic carbocycles. The molecular formula is C36H53N7O13. The molecule has 1 fully saturated rings. The van der Waals surface area contributed by atoms with Crippen LogP contribution in [0.3, 0.4) is 0 Å². The monoisotopic (exact) mass is 791 g/mol. The van der Waals surface area contributed by atoms with Gasteiger partial charge in [0.1, 0.15) is 36.0 Å². The van der Waals surface area contributed by atoms with Gasteiger partial charge in [0.25, 0.3) is 0 Å². The van der Waals surface area contributed by atoms with E-state index in [1.807, 2.05) is 0 Å². The van der Waals surface area contributed by atoms with Gasteiger partial charge in [-0.15, -0.1) is 0 Å². The molecule has 0 aromatic heterocycles. The van der Waals surface area contributed by atoms with E-state index in [2.05, 4.69) is 26.6 Å². The molecule has 1 heterocycles. The molecule has 20 heteroatoms. The number of hydrogen-bond acceptors (Lipinski definition) is 11. The van der Waals surface area contributed by atoms with Crippen LogP contribution in [0.4, 0.5) is 0 Å². The zero-order valence-electron chi connectivity index (χ0n) is 31.8. The largest absolute Gasteiger partial charge is 0.508 e. The van der Waals surface area contributed by atoms with Crippen molar-refractivity contribution in [2.24, 2.45) is 17.6 Å². The Hall–Kier alpha value is -5.79. The third-order valence-electron chi connectivity index (χ3n) is 9.31. The number of nitrogens with zero attached hydrogens (tertiary/aromatic N) is 1. The maximum absolute atomic E-state index is 13.9. The Morgan fingerprint density at radius 1 is 0.804 bits per heavy atom. The van der Waals surface area contributed by atoms with Gasteiger partial charge < -0.3 is 57.6 Å². The fraction of sp³-hybridized carbons (Fsp3) is 0.583. The Labute approximate surface area is 323 Å². The fourth-order valence-electron chi connectivity index (χ4n) is 5.86. The minimum Gasteiger partial charge on any atom is -0.508 e. The highest BCUT2D eigenvalue weighted by Gasteiger charge is 2.40. The average molecular weight is 792 g/mol. The number of aromatic hydroxyl groups is 1. The highest BCUT2D eigenvalue weighted by Crippen LogP contribution is 2.21. The van der Waals surface area contributed by atoms with Crippen molar-refractivity contribution in [1.29, 1.82) is 0 Å². The lowest BCUT2D eigenvalue weighted by Gasteiger charge is -2.31. The lowest BCUT2D eigenvalue weighted by atomic mass is 9.97. The van der Waals surface area contributed by atoms with Crippen LogP contribution in [0.5, 0.6) is 5.75 Å². The van der Waals surface area contributed by atoms with E-state index in [4.69, 9.17) is 10.8 Å². The molecule has 310 valence electrons. The number of carboxylic acid groups (broad SMARTS) is 3. The highest BCUT2D eigenvalue weighted by molar-refractivity contribution is 5.98. The van der Waals surface area contributed by atoms with Gasteiger partial charge in [0, 0.05) is 19.4 Å². The smallest absolute Gasteiger partial charge is 0.326 e. The molecule has 56 heavy (non-hydrogen) atoms. The number of nitrogens with one attached hydrogen (secondary N) is 5. The van der Waals surface area contributed by atoms with Crippen LogP contribution in [-0.4, -0.2) is 128 Å².